The third-order valence-electron chi connectivity index (χ3n) is 4.08. The van der Waals surface area contributed by atoms with Crippen LogP contribution in [0.4, 0.5) is 0 Å². The lowest BCUT2D eigenvalue weighted by molar-refractivity contribution is 1.52. The minimum Gasteiger partial charge on any atom is -0.0617 e. The van der Waals surface area contributed by atoms with Gasteiger partial charge in [0.25, 0.3) is 0 Å². The minimum absolute atomic E-state index is 1.24. The largest absolute Gasteiger partial charge is 0.0617 e. The van der Waals surface area contributed by atoms with Crippen molar-refractivity contribution in [2.45, 2.75) is 0 Å². The maximum Gasteiger partial charge on any atom is -0.00992 e. The van der Waals surface area contributed by atoms with Gasteiger partial charge in [0, 0.05) is 0 Å². The molecule has 0 N–H and O–H groups in total. The van der Waals surface area contributed by atoms with Crippen LogP contribution in [0.15, 0.2) is 90.6 Å². The summed E-state index contributed by atoms with van der Waals surface area (Å²) in [5.74, 6) is 0. The van der Waals surface area contributed by atoms with Crippen molar-refractivity contribution in [2.75, 3.05) is 0 Å². The van der Waals surface area contributed by atoms with Crippen molar-refractivity contribution < 1.29 is 0 Å². The van der Waals surface area contributed by atoms with E-state index >= 15 is 0 Å². The Kier molecular flexibility index (Phi) is 3.21. The minimum atomic E-state index is 1.24. The first kappa shape index (κ1) is 12.8. The molecule has 0 fully saturated rings. The van der Waals surface area contributed by atoms with Gasteiger partial charge < -0.3 is 0 Å². The van der Waals surface area contributed by atoms with Crippen LogP contribution >= 0.6 is 0 Å². The zero-order chi connectivity index (χ0) is 14.8. The van der Waals surface area contributed by atoms with Crippen LogP contribution in [0.2, 0.25) is 0 Å². The van der Waals surface area contributed by atoms with Gasteiger partial charge in [0.1, 0.15) is 0 Å². The van der Waals surface area contributed by atoms with Crippen LogP contribution in [0.5, 0.6) is 0 Å². The van der Waals surface area contributed by atoms with Gasteiger partial charge in [-0.1, -0.05) is 97.1 Å². The molecule has 104 valence electrons. The van der Waals surface area contributed by atoms with Gasteiger partial charge in [0.15, 0.2) is 0 Å². The van der Waals surface area contributed by atoms with Gasteiger partial charge in [-0.3, -0.25) is 0 Å². The molecule has 2 aliphatic rings. The van der Waals surface area contributed by atoms with Gasteiger partial charge >= 0.3 is 0 Å². The predicted molar refractivity (Wildman–Crippen MR) is 95.3 cm³/mol. The fraction of sp³-hybridized carbons (Fsp3) is 0. The number of allylic oxidation sites excluding steroid dienone is 7. The van der Waals surface area contributed by atoms with Crippen LogP contribution in [0.3, 0.4) is 0 Å². The maximum atomic E-state index is 2.24. The molecule has 0 saturated heterocycles. The Hall–Kier alpha value is -2.86. The van der Waals surface area contributed by atoms with E-state index in [4.69, 9.17) is 0 Å². The van der Waals surface area contributed by atoms with Gasteiger partial charge in [-0.05, 0) is 33.4 Å². The first-order chi connectivity index (χ1) is 10.9. The summed E-state index contributed by atoms with van der Waals surface area (Å²) in [6, 6.07) is 17.2. The SMILES string of the molecule is C1=CC(=CC=C2c3ccccc3C=Cc3ccccc32)C=C1. The number of rotatable bonds is 1. The summed E-state index contributed by atoms with van der Waals surface area (Å²) in [4.78, 5) is 0. The quantitative estimate of drug-likeness (QED) is 0.540. The number of hydrogen-bond acceptors (Lipinski definition) is 0. The second-order valence-corrected chi connectivity index (χ2v) is 5.47. The van der Waals surface area contributed by atoms with Crippen molar-refractivity contribution in [3.63, 3.8) is 0 Å². The summed E-state index contributed by atoms with van der Waals surface area (Å²) >= 11 is 0. The topological polar surface area (TPSA) is 0 Å². The predicted octanol–water partition coefficient (Wildman–Crippen LogP) is 5.65. The summed E-state index contributed by atoms with van der Waals surface area (Å²) in [5.41, 5.74) is 7.61. The van der Waals surface area contributed by atoms with Crippen molar-refractivity contribution >= 4 is 17.7 Å². The molecule has 2 aromatic carbocycles. The molecule has 0 nitrogen and oxygen atoms in total. The zero-order valence-corrected chi connectivity index (χ0v) is 12.2. The average Bonchev–Trinajstić information content (AvgIpc) is 3.03. The molecule has 0 spiro atoms. The standard InChI is InChI=1S/C22H16/c1-2-8-17(7-1)13-16-22-20-11-5-3-9-18(20)14-15-19-10-4-6-12-21(19)22/h1-16H. The molecule has 2 aliphatic carbocycles. The summed E-state index contributed by atoms with van der Waals surface area (Å²) in [6.45, 7) is 0. The van der Waals surface area contributed by atoms with Gasteiger partial charge in [0.05, 0.1) is 0 Å². The van der Waals surface area contributed by atoms with Crippen molar-refractivity contribution in [3.05, 3.63) is 113 Å². The Morgan fingerprint density at radius 2 is 1.09 bits per heavy atom. The highest BCUT2D eigenvalue weighted by molar-refractivity contribution is 5.94. The fourth-order valence-corrected chi connectivity index (χ4v) is 2.96. The smallest absolute Gasteiger partial charge is 0.00992 e. The monoisotopic (exact) mass is 280 g/mol. The second-order valence-electron chi connectivity index (χ2n) is 5.47. The Labute approximate surface area is 131 Å². The van der Waals surface area contributed by atoms with Crippen LogP contribution in [-0.4, -0.2) is 0 Å². The first-order valence-corrected chi connectivity index (χ1v) is 7.55. The van der Waals surface area contributed by atoms with E-state index in [-0.39, 0.29) is 0 Å². The number of fused-ring (bicyclic) bond motifs is 2. The first-order valence-electron chi connectivity index (χ1n) is 7.55. The van der Waals surface area contributed by atoms with Crippen LogP contribution in [0.1, 0.15) is 22.3 Å². The molecule has 0 bridgehead atoms. The molecule has 0 saturated carbocycles. The lowest BCUT2D eigenvalue weighted by Gasteiger charge is -2.11. The Morgan fingerprint density at radius 1 is 0.545 bits per heavy atom. The van der Waals surface area contributed by atoms with E-state index in [9.17, 15) is 0 Å². The third-order valence-corrected chi connectivity index (χ3v) is 4.08. The highest BCUT2D eigenvalue weighted by Gasteiger charge is 2.13. The van der Waals surface area contributed by atoms with Gasteiger partial charge in [-0.25, -0.2) is 0 Å². The Morgan fingerprint density at radius 3 is 1.68 bits per heavy atom. The molecular formula is C22H16. The third kappa shape index (κ3) is 2.29. The summed E-state index contributed by atoms with van der Waals surface area (Å²) in [5, 5.41) is 0. The molecule has 0 amide bonds. The second kappa shape index (κ2) is 5.50. The molecule has 0 aliphatic heterocycles. The van der Waals surface area contributed by atoms with Crippen LogP contribution < -0.4 is 0 Å². The molecule has 22 heavy (non-hydrogen) atoms. The highest BCUT2D eigenvalue weighted by Crippen LogP contribution is 2.33. The van der Waals surface area contributed by atoms with Gasteiger partial charge in [0.2, 0.25) is 0 Å². The molecular weight excluding hydrogens is 264 g/mol. The number of hydrogen-bond donors (Lipinski definition) is 0. The van der Waals surface area contributed by atoms with Crippen LogP contribution in [0.25, 0.3) is 17.7 Å². The summed E-state index contributed by atoms with van der Waals surface area (Å²) < 4.78 is 0. The fourth-order valence-electron chi connectivity index (χ4n) is 2.96. The molecule has 0 atom stereocenters. The lowest BCUT2D eigenvalue weighted by Crippen LogP contribution is -1.91. The molecule has 0 heteroatoms. The van der Waals surface area contributed by atoms with Crippen LogP contribution in [0, 0.1) is 0 Å². The van der Waals surface area contributed by atoms with Gasteiger partial charge in [-0.2, -0.15) is 0 Å². The van der Waals surface area contributed by atoms with E-state index in [1.807, 2.05) is 0 Å². The van der Waals surface area contributed by atoms with E-state index in [1.54, 1.807) is 0 Å². The molecule has 0 heterocycles. The van der Waals surface area contributed by atoms with E-state index in [0.717, 1.165) is 0 Å². The van der Waals surface area contributed by atoms with Crippen molar-refractivity contribution in [1.29, 1.82) is 0 Å². The molecule has 0 aromatic heterocycles. The van der Waals surface area contributed by atoms with E-state index < -0.39 is 0 Å². The van der Waals surface area contributed by atoms with Crippen LogP contribution in [-0.2, 0) is 0 Å². The summed E-state index contributed by atoms with van der Waals surface area (Å²) in [7, 11) is 0. The normalized spacial score (nSPS) is 14.5. The maximum absolute atomic E-state index is 2.24. The van der Waals surface area contributed by atoms with E-state index in [0.29, 0.717) is 0 Å². The average molecular weight is 280 g/mol. The van der Waals surface area contributed by atoms with E-state index in [2.05, 4.69) is 97.1 Å². The Balaban J connectivity index is 1.94. The molecule has 2 aromatic rings. The Bertz CT molecular complexity index is 805. The van der Waals surface area contributed by atoms with Crippen molar-refractivity contribution in [3.8, 4) is 0 Å². The van der Waals surface area contributed by atoms with Crippen molar-refractivity contribution in [2.24, 2.45) is 0 Å². The van der Waals surface area contributed by atoms with Crippen molar-refractivity contribution in [1.82, 2.24) is 0 Å². The zero-order valence-electron chi connectivity index (χ0n) is 12.2. The molecule has 0 unspecified atom stereocenters. The van der Waals surface area contributed by atoms with Gasteiger partial charge in [-0.15, -0.1) is 0 Å². The summed E-state index contributed by atoms with van der Waals surface area (Å²) in [6.07, 6.45) is 17.2. The highest BCUT2D eigenvalue weighted by atomic mass is 14.2. The number of benzene rings is 2. The lowest BCUT2D eigenvalue weighted by atomic mass is 9.93. The molecule has 0 radical (unpaired) electrons. The molecule has 4 rings (SSSR count). The van der Waals surface area contributed by atoms with E-state index in [1.165, 1.54) is 33.4 Å².